The van der Waals surface area contributed by atoms with Crippen LogP contribution < -0.4 is 4.74 Å². The van der Waals surface area contributed by atoms with E-state index in [-0.39, 0.29) is 12.7 Å². The maximum atomic E-state index is 11.6. The highest BCUT2D eigenvalue weighted by Gasteiger charge is 2.33. The van der Waals surface area contributed by atoms with Crippen molar-refractivity contribution in [2.45, 2.75) is 39.4 Å². The van der Waals surface area contributed by atoms with Crippen LogP contribution in [-0.4, -0.2) is 23.8 Å². The summed E-state index contributed by atoms with van der Waals surface area (Å²) in [5, 5.41) is 10.1. The van der Waals surface area contributed by atoms with Gasteiger partial charge in [-0.25, -0.2) is 4.79 Å². The van der Waals surface area contributed by atoms with Crippen molar-refractivity contribution in [1.82, 2.24) is 0 Å². The summed E-state index contributed by atoms with van der Waals surface area (Å²) in [4.78, 5) is 11.6. The predicted molar refractivity (Wildman–Crippen MR) is 68.4 cm³/mol. The first kappa shape index (κ1) is 14.5. The molecule has 0 aliphatic heterocycles. The van der Waals surface area contributed by atoms with Gasteiger partial charge >= 0.3 is 5.97 Å². The molecule has 4 nitrogen and oxygen atoms in total. The minimum atomic E-state index is -1.63. The van der Waals surface area contributed by atoms with Gasteiger partial charge in [0.2, 0.25) is 0 Å². The van der Waals surface area contributed by atoms with Crippen molar-refractivity contribution in [2.24, 2.45) is 0 Å². The molecule has 0 spiro atoms. The van der Waals surface area contributed by atoms with Crippen LogP contribution in [0.2, 0.25) is 0 Å². The second kappa shape index (κ2) is 5.87. The van der Waals surface area contributed by atoms with Gasteiger partial charge in [-0.1, -0.05) is 12.1 Å². The van der Waals surface area contributed by atoms with Crippen LogP contribution in [0.15, 0.2) is 24.3 Å². The largest absolute Gasteiger partial charge is 0.491 e. The van der Waals surface area contributed by atoms with Crippen LogP contribution in [0.3, 0.4) is 0 Å². The fourth-order valence-electron chi connectivity index (χ4n) is 1.52. The smallest absolute Gasteiger partial charge is 0.342 e. The lowest BCUT2D eigenvalue weighted by Gasteiger charge is -2.21. The molecule has 1 N–H and O–H groups in total. The van der Waals surface area contributed by atoms with E-state index in [4.69, 9.17) is 9.47 Å². The lowest BCUT2D eigenvalue weighted by Crippen LogP contribution is -2.34. The van der Waals surface area contributed by atoms with E-state index >= 15 is 0 Å². The Morgan fingerprint density at radius 3 is 2.33 bits per heavy atom. The van der Waals surface area contributed by atoms with Crippen molar-refractivity contribution in [3.8, 4) is 5.75 Å². The van der Waals surface area contributed by atoms with E-state index in [9.17, 15) is 9.90 Å². The first-order valence-corrected chi connectivity index (χ1v) is 6.04. The Kier molecular flexibility index (Phi) is 4.73. The number of hydrogen-bond donors (Lipinski definition) is 1. The number of carbonyl (C=O) groups is 1. The van der Waals surface area contributed by atoms with Gasteiger partial charge in [-0.2, -0.15) is 0 Å². The van der Waals surface area contributed by atoms with Crippen molar-refractivity contribution in [3.05, 3.63) is 29.8 Å². The zero-order valence-electron chi connectivity index (χ0n) is 11.3. The molecule has 1 aromatic rings. The van der Waals surface area contributed by atoms with Gasteiger partial charge in [0.05, 0.1) is 12.7 Å². The van der Waals surface area contributed by atoms with Gasteiger partial charge in [-0.15, -0.1) is 0 Å². The van der Waals surface area contributed by atoms with Gasteiger partial charge in [0.15, 0.2) is 5.60 Å². The van der Waals surface area contributed by atoms with Crippen molar-refractivity contribution >= 4 is 5.97 Å². The first-order chi connectivity index (χ1) is 8.37. The zero-order valence-corrected chi connectivity index (χ0v) is 11.3. The minimum Gasteiger partial charge on any atom is -0.491 e. The molecule has 0 amide bonds. The van der Waals surface area contributed by atoms with E-state index < -0.39 is 11.6 Å². The summed E-state index contributed by atoms with van der Waals surface area (Å²) in [6, 6.07) is 6.77. The van der Waals surface area contributed by atoms with E-state index in [0.29, 0.717) is 11.3 Å². The molecular formula is C14H20O4. The SMILES string of the molecule is CCOC(=O)C(C)(O)c1ccc(OC(C)C)cc1. The van der Waals surface area contributed by atoms with Crippen LogP contribution in [0, 0.1) is 0 Å². The van der Waals surface area contributed by atoms with Gasteiger partial charge in [-0.3, -0.25) is 0 Å². The van der Waals surface area contributed by atoms with Crippen LogP contribution in [-0.2, 0) is 15.1 Å². The fourth-order valence-corrected chi connectivity index (χ4v) is 1.52. The van der Waals surface area contributed by atoms with Gasteiger partial charge < -0.3 is 14.6 Å². The summed E-state index contributed by atoms with van der Waals surface area (Å²) in [5.74, 6) is 0.0518. The molecule has 0 aliphatic carbocycles. The van der Waals surface area contributed by atoms with Crippen molar-refractivity contribution in [1.29, 1.82) is 0 Å². The average Bonchev–Trinajstić information content (AvgIpc) is 2.29. The summed E-state index contributed by atoms with van der Waals surface area (Å²) in [5.41, 5.74) is -1.15. The third-order valence-corrected chi connectivity index (χ3v) is 2.46. The normalized spacial score (nSPS) is 14.1. The van der Waals surface area contributed by atoms with Crippen LogP contribution in [0.5, 0.6) is 5.75 Å². The molecule has 0 heterocycles. The Labute approximate surface area is 108 Å². The summed E-state index contributed by atoms with van der Waals surface area (Å²) >= 11 is 0. The molecule has 0 fully saturated rings. The van der Waals surface area contributed by atoms with Crippen molar-refractivity contribution < 1.29 is 19.4 Å². The number of rotatable bonds is 5. The van der Waals surface area contributed by atoms with Gasteiger partial charge in [0.1, 0.15) is 5.75 Å². The molecule has 1 aromatic carbocycles. The molecule has 0 saturated carbocycles. The molecule has 0 aliphatic rings. The van der Waals surface area contributed by atoms with Crippen LogP contribution in [0.4, 0.5) is 0 Å². The summed E-state index contributed by atoms with van der Waals surface area (Å²) in [6.45, 7) is 7.23. The van der Waals surface area contributed by atoms with Crippen molar-refractivity contribution in [2.75, 3.05) is 6.61 Å². The Hall–Kier alpha value is -1.55. The van der Waals surface area contributed by atoms with E-state index in [1.54, 1.807) is 31.2 Å². The van der Waals surface area contributed by atoms with E-state index in [2.05, 4.69) is 0 Å². The molecule has 4 heteroatoms. The number of carbonyl (C=O) groups excluding carboxylic acids is 1. The quantitative estimate of drug-likeness (QED) is 0.817. The lowest BCUT2D eigenvalue weighted by atomic mass is 9.96. The fraction of sp³-hybridized carbons (Fsp3) is 0.500. The molecule has 1 rings (SSSR count). The number of benzene rings is 1. The average molecular weight is 252 g/mol. The lowest BCUT2D eigenvalue weighted by molar-refractivity contribution is -0.164. The Morgan fingerprint density at radius 1 is 1.33 bits per heavy atom. The van der Waals surface area contributed by atoms with E-state index in [1.165, 1.54) is 6.92 Å². The second-order valence-electron chi connectivity index (χ2n) is 4.48. The number of aliphatic hydroxyl groups is 1. The molecule has 0 saturated heterocycles. The van der Waals surface area contributed by atoms with Crippen LogP contribution in [0.25, 0.3) is 0 Å². The minimum absolute atomic E-state index is 0.0846. The molecule has 0 aromatic heterocycles. The Morgan fingerprint density at radius 2 is 1.89 bits per heavy atom. The van der Waals surface area contributed by atoms with Crippen molar-refractivity contribution in [3.63, 3.8) is 0 Å². The molecule has 0 bridgehead atoms. The van der Waals surface area contributed by atoms with Crippen LogP contribution >= 0.6 is 0 Å². The highest BCUT2D eigenvalue weighted by atomic mass is 16.5. The summed E-state index contributed by atoms with van der Waals surface area (Å²) in [6.07, 6.45) is 0.0846. The molecule has 0 radical (unpaired) electrons. The van der Waals surface area contributed by atoms with Gasteiger partial charge in [0, 0.05) is 0 Å². The third-order valence-electron chi connectivity index (χ3n) is 2.46. The Balaban J connectivity index is 2.86. The maximum absolute atomic E-state index is 11.6. The highest BCUT2D eigenvalue weighted by Crippen LogP contribution is 2.24. The summed E-state index contributed by atoms with van der Waals surface area (Å²) in [7, 11) is 0. The van der Waals surface area contributed by atoms with Gasteiger partial charge in [0.25, 0.3) is 0 Å². The monoisotopic (exact) mass is 252 g/mol. The third kappa shape index (κ3) is 3.47. The van der Waals surface area contributed by atoms with E-state index in [1.807, 2.05) is 13.8 Å². The Bertz CT molecular complexity index is 393. The number of hydrogen-bond acceptors (Lipinski definition) is 4. The molecular weight excluding hydrogens is 232 g/mol. The highest BCUT2D eigenvalue weighted by molar-refractivity contribution is 5.80. The topological polar surface area (TPSA) is 55.8 Å². The predicted octanol–water partition coefficient (Wildman–Crippen LogP) is 2.24. The molecule has 100 valence electrons. The zero-order chi connectivity index (χ0) is 13.8. The van der Waals surface area contributed by atoms with E-state index in [0.717, 1.165) is 0 Å². The molecule has 18 heavy (non-hydrogen) atoms. The first-order valence-electron chi connectivity index (χ1n) is 6.04. The van der Waals surface area contributed by atoms with Crippen LogP contribution in [0.1, 0.15) is 33.3 Å². The standard InChI is InChI=1S/C14H20O4/c1-5-17-13(15)14(4,16)11-6-8-12(9-7-11)18-10(2)3/h6-10,16H,5H2,1-4H3. The molecule has 1 atom stereocenters. The van der Waals surface area contributed by atoms with Gasteiger partial charge in [-0.05, 0) is 45.4 Å². The summed E-state index contributed by atoms with van der Waals surface area (Å²) < 4.78 is 10.3. The maximum Gasteiger partial charge on any atom is 0.342 e. The second-order valence-corrected chi connectivity index (χ2v) is 4.48. The molecule has 1 unspecified atom stereocenters. The number of ether oxygens (including phenoxy) is 2. The number of esters is 1.